The minimum Gasteiger partial charge on any atom is -0.368 e. The summed E-state index contributed by atoms with van der Waals surface area (Å²) in [4.78, 5) is 29.7. The average Bonchev–Trinajstić information content (AvgIpc) is 3.54. The van der Waals surface area contributed by atoms with Gasteiger partial charge >= 0.3 is 0 Å². The van der Waals surface area contributed by atoms with Gasteiger partial charge in [-0.15, -0.1) is 22.7 Å². The minimum absolute atomic E-state index is 0.102. The average molecular weight is 451 g/mol. The smallest absolute Gasteiger partial charge is 0.257 e. The molecule has 0 fully saturated rings. The van der Waals surface area contributed by atoms with Gasteiger partial charge in [0, 0.05) is 17.8 Å². The largest absolute Gasteiger partial charge is 0.368 e. The molecule has 4 heterocycles. The number of carbonyl (C=O) groups excluding carboxylic acids is 2. The molecule has 1 aromatic carbocycles. The Kier molecular flexibility index (Phi) is 5.43. The van der Waals surface area contributed by atoms with E-state index in [9.17, 15) is 9.59 Å². The van der Waals surface area contributed by atoms with Gasteiger partial charge in [0.15, 0.2) is 0 Å². The van der Waals surface area contributed by atoms with Crippen LogP contribution in [-0.4, -0.2) is 40.0 Å². The third kappa shape index (κ3) is 3.94. The summed E-state index contributed by atoms with van der Waals surface area (Å²) in [7, 11) is 0. The van der Waals surface area contributed by atoms with Gasteiger partial charge in [-0.25, -0.2) is 5.01 Å². The van der Waals surface area contributed by atoms with Crippen molar-refractivity contribution in [3.05, 3.63) is 80.2 Å². The molecule has 31 heavy (non-hydrogen) atoms. The minimum atomic E-state index is -0.498. The molecule has 2 aliphatic rings. The summed E-state index contributed by atoms with van der Waals surface area (Å²) < 4.78 is 0. The molecule has 0 aliphatic carbocycles. The second-order valence-corrected chi connectivity index (χ2v) is 9.72. The normalized spacial score (nSPS) is 21.0. The number of carbonyl (C=O) groups is 2. The van der Waals surface area contributed by atoms with Crippen LogP contribution in [0.2, 0.25) is 0 Å². The molecule has 6 nitrogen and oxygen atoms in total. The van der Waals surface area contributed by atoms with Crippen LogP contribution in [0.15, 0.2) is 64.4 Å². The Balaban J connectivity index is 1.41. The number of primary amides is 1. The van der Waals surface area contributed by atoms with E-state index in [-0.39, 0.29) is 18.5 Å². The molecule has 1 unspecified atom stereocenters. The number of hydrogen-bond acceptors (Lipinski definition) is 6. The molecule has 8 heteroatoms. The lowest BCUT2D eigenvalue weighted by molar-refractivity contribution is -0.136. The molecule has 2 amide bonds. The van der Waals surface area contributed by atoms with Gasteiger partial charge in [0.2, 0.25) is 5.91 Å². The number of amides is 2. The molecular formula is C23H22N4O2S2. The Hall–Kier alpha value is -2.81. The number of nitrogens with two attached hydrogens (primary N) is 1. The van der Waals surface area contributed by atoms with Gasteiger partial charge in [-0.3, -0.25) is 14.5 Å². The highest BCUT2D eigenvalue weighted by molar-refractivity contribution is 7.12. The van der Waals surface area contributed by atoms with Gasteiger partial charge in [-0.05, 0) is 40.4 Å². The van der Waals surface area contributed by atoms with Gasteiger partial charge in [0.25, 0.3) is 5.91 Å². The summed E-state index contributed by atoms with van der Waals surface area (Å²) in [6.07, 6.45) is 1.21. The summed E-state index contributed by atoms with van der Waals surface area (Å²) in [6.45, 7) is 0.625. The van der Waals surface area contributed by atoms with E-state index in [4.69, 9.17) is 10.8 Å². The van der Waals surface area contributed by atoms with Crippen LogP contribution in [0.1, 0.15) is 33.3 Å². The molecule has 5 rings (SSSR count). The van der Waals surface area contributed by atoms with Crippen molar-refractivity contribution in [1.82, 2.24) is 9.91 Å². The molecule has 2 aromatic heterocycles. The van der Waals surface area contributed by atoms with Gasteiger partial charge in [-0.1, -0.05) is 36.4 Å². The molecule has 2 aliphatic heterocycles. The zero-order valence-corrected chi connectivity index (χ0v) is 18.4. The van der Waals surface area contributed by atoms with Crippen molar-refractivity contribution >= 4 is 40.2 Å². The number of nitrogens with zero attached hydrogens (tertiary/aromatic N) is 3. The monoisotopic (exact) mass is 450 g/mol. The van der Waals surface area contributed by atoms with Crippen molar-refractivity contribution in [3.8, 4) is 0 Å². The van der Waals surface area contributed by atoms with Crippen molar-refractivity contribution in [1.29, 1.82) is 0 Å². The summed E-state index contributed by atoms with van der Waals surface area (Å²) in [5.74, 6) is -0.517. The lowest BCUT2D eigenvalue weighted by atomic mass is 9.93. The number of fused-ring (bicyclic) bond motifs is 1. The summed E-state index contributed by atoms with van der Waals surface area (Å²) in [6, 6.07) is 15.5. The first-order valence-corrected chi connectivity index (χ1v) is 11.9. The third-order valence-electron chi connectivity index (χ3n) is 5.86. The van der Waals surface area contributed by atoms with Gasteiger partial charge < -0.3 is 5.73 Å². The van der Waals surface area contributed by atoms with Crippen molar-refractivity contribution in [3.63, 3.8) is 0 Å². The first-order valence-electron chi connectivity index (χ1n) is 10.2. The fourth-order valence-electron chi connectivity index (χ4n) is 4.30. The van der Waals surface area contributed by atoms with Crippen LogP contribution < -0.4 is 5.73 Å². The molecule has 158 valence electrons. The summed E-state index contributed by atoms with van der Waals surface area (Å²) in [5, 5.41) is 10.4. The second-order valence-electron chi connectivity index (χ2n) is 7.79. The fourth-order valence-corrected chi connectivity index (χ4v) is 5.84. The Morgan fingerprint density at radius 1 is 1.00 bits per heavy atom. The lowest BCUT2D eigenvalue weighted by Crippen LogP contribution is -2.51. The van der Waals surface area contributed by atoms with Gasteiger partial charge in [-0.2, -0.15) is 5.10 Å². The van der Waals surface area contributed by atoms with Gasteiger partial charge in [0.1, 0.15) is 0 Å². The van der Waals surface area contributed by atoms with Gasteiger partial charge in [0.05, 0.1) is 29.2 Å². The van der Waals surface area contributed by atoms with E-state index in [1.165, 1.54) is 0 Å². The van der Waals surface area contributed by atoms with Crippen molar-refractivity contribution < 1.29 is 9.59 Å². The number of hydrazone groups is 1. The van der Waals surface area contributed by atoms with Crippen LogP contribution in [0, 0.1) is 0 Å². The summed E-state index contributed by atoms with van der Waals surface area (Å²) in [5.41, 5.74) is 8.88. The molecule has 0 saturated heterocycles. The zero-order valence-electron chi connectivity index (χ0n) is 16.8. The number of thiophene rings is 2. The molecule has 0 radical (unpaired) electrons. The SMILES string of the molecule is NC(=O)[C@@H]1Cc2ccccc2CN1CC(=O)N1N=C(c2cccs2)CC1c1cccs1. The zero-order chi connectivity index (χ0) is 21.4. The first-order chi connectivity index (χ1) is 15.1. The number of benzene rings is 1. The second kappa shape index (κ2) is 8.37. The molecule has 3 aromatic rings. The predicted molar refractivity (Wildman–Crippen MR) is 123 cm³/mol. The van der Waals surface area contributed by atoms with Crippen LogP contribution in [0.25, 0.3) is 0 Å². The maximum atomic E-state index is 13.4. The lowest BCUT2D eigenvalue weighted by Gasteiger charge is -2.35. The van der Waals surface area contributed by atoms with Crippen LogP contribution in [-0.2, 0) is 22.6 Å². The maximum absolute atomic E-state index is 13.4. The molecular weight excluding hydrogens is 428 g/mol. The number of hydrogen-bond donors (Lipinski definition) is 1. The van der Waals surface area contributed by atoms with Crippen LogP contribution >= 0.6 is 22.7 Å². The fraction of sp³-hybridized carbons (Fsp3) is 0.261. The van der Waals surface area contributed by atoms with Crippen LogP contribution in [0.5, 0.6) is 0 Å². The summed E-state index contributed by atoms with van der Waals surface area (Å²) >= 11 is 3.26. The van der Waals surface area contributed by atoms with E-state index in [2.05, 4.69) is 0 Å². The topological polar surface area (TPSA) is 79.0 Å². The standard InChI is InChI=1S/C23H22N4O2S2/c24-23(29)19-11-15-5-1-2-6-16(15)13-26(19)14-22(28)27-18(21-8-4-10-31-21)12-17(25-27)20-7-3-9-30-20/h1-10,18-19H,11-14H2,(H2,24,29)/t18?,19-/m0/s1. The molecule has 0 bridgehead atoms. The van der Waals surface area contributed by atoms with E-state index < -0.39 is 11.9 Å². The van der Waals surface area contributed by atoms with Crippen molar-refractivity contribution in [2.45, 2.75) is 31.5 Å². The van der Waals surface area contributed by atoms with Crippen LogP contribution in [0.3, 0.4) is 0 Å². The predicted octanol–water partition coefficient (Wildman–Crippen LogP) is 3.40. The molecule has 2 N–H and O–H groups in total. The Morgan fingerprint density at radius 2 is 1.77 bits per heavy atom. The van der Waals surface area contributed by atoms with E-state index in [0.717, 1.165) is 26.6 Å². The van der Waals surface area contributed by atoms with Crippen molar-refractivity contribution in [2.75, 3.05) is 6.54 Å². The Labute approximate surface area is 188 Å². The van der Waals surface area contributed by atoms with E-state index >= 15 is 0 Å². The van der Waals surface area contributed by atoms with E-state index in [1.54, 1.807) is 27.7 Å². The Bertz CT molecular complexity index is 1120. The molecule has 2 atom stereocenters. The molecule has 0 saturated carbocycles. The van der Waals surface area contributed by atoms with E-state index in [1.807, 2.05) is 64.2 Å². The highest BCUT2D eigenvalue weighted by Gasteiger charge is 2.37. The van der Waals surface area contributed by atoms with E-state index in [0.29, 0.717) is 19.4 Å². The first kappa shape index (κ1) is 20.1. The number of rotatable bonds is 5. The maximum Gasteiger partial charge on any atom is 0.257 e. The highest BCUT2D eigenvalue weighted by atomic mass is 32.1. The highest BCUT2D eigenvalue weighted by Crippen LogP contribution is 2.36. The van der Waals surface area contributed by atoms with Crippen LogP contribution in [0.4, 0.5) is 0 Å². The quantitative estimate of drug-likeness (QED) is 0.647. The Morgan fingerprint density at radius 3 is 2.48 bits per heavy atom. The van der Waals surface area contributed by atoms with Crippen molar-refractivity contribution in [2.24, 2.45) is 10.8 Å². The third-order valence-corrected chi connectivity index (χ3v) is 7.75. The molecule has 0 spiro atoms.